The average Bonchev–Trinajstić information content (AvgIpc) is 1.90. The molecule has 0 aromatic carbocycles. The van der Waals surface area contributed by atoms with Crippen LogP contribution in [0.5, 0.6) is 0 Å². The predicted octanol–water partition coefficient (Wildman–Crippen LogP) is 22.5. The van der Waals surface area contributed by atoms with Crippen LogP contribution in [0.2, 0.25) is 0 Å². The summed E-state index contributed by atoms with van der Waals surface area (Å²) in [6.07, 6.45) is 68.0. The summed E-state index contributed by atoms with van der Waals surface area (Å²) in [6.45, 7) is 4.87. The van der Waals surface area contributed by atoms with E-state index in [9.17, 15) is 43.2 Å². The topological polar surface area (TPSA) is 237 Å². The Bertz CT molecular complexity index is 2030. The van der Waals surface area contributed by atoms with Crippen LogP contribution < -0.4 is 0 Å². The molecule has 3 N–H and O–H groups in total. The molecule has 0 aliphatic rings. The number of phosphoric ester groups is 2. The first-order valence-electron chi connectivity index (χ1n) is 39.4. The molecule has 0 aliphatic heterocycles. The molecular formula is C78H144O17P2. The Balaban J connectivity index is 5.33. The summed E-state index contributed by atoms with van der Waals surface area (Å²) in [7, 11) is -9.94. The fourth-order valence-corrected chi connectivity index (χ4v) is 12.6. The summed E-state index contributed by atoms with van der Waals surface area (Å²) in [4.78, 5) is 72.9. The van der Waals surface area contributed by atoms with Crippen LogP contribution in [0.4, 0.5) is 0 Å². The number of rotatable bonds is 75. The van der Waals surface area contributed by atoms with Crippen molar-refractivity contribution in [3.8, 4) is 0 Å². The lowest BCUT2D eigenvalue weighted by Crippen LogP contribution is -2.30. The van der Waals surface area contributed by atoms with Crippen LogP contribution in [0.1, 0.15) is 368 Å². The molecule has 0 radical (unpaired) electrons. The highest BCUT2D eigenvalue weighted by molar-refractivity contribution is 7.47. The fraction of sp³-hybridized carbons (Fsp3) is 0.846. The summed E-state index contributed by atoms with van der Waals surface area (Å²) >= 11 is 0. The Hall–Kier alpha value is -2.98. The van der Waals surface area contributed by atoms with Crippen LogP contribution in [0.15, 0.2) is 48.6 Å². The Labute approximate surface area is 591 Å². The second-order valence-electron chi connectivity index (χ2n) is 26.7. The number of unbranched alkanes of at least 4 members (excludes halogenated alkanes) is 43. The minimum atomic E-state index is -4.97. The molecule has 0 fully saturated rings. The molecule has 0 amide bonds. The molecule has 97 heavy (non-hydrogen) atoms. The lowest BCUT2D eigenvalue weighted by molar-refractivity contribution is -0.161. The van der Waals surface area contributed by atoms with Gasteiger partial charge < -0.3 is 33.8 Å². The van der Waals surface area contributed by atoms with Crippen LogP contribution in [-0.2, 0) is 65.4 Å². The van der Waals surface area contributed by atoms with Crippen molar-refractivity contribution in [2.24, 2.45) is 0 Å². The van der Waals surface area contributed by atoms with Crippen molar-refractivity contribution in [3.63, 3.8) is 0 Å². The third-order valence-corrected chi connectivity index (χ3v) is 19.0. The van der Waals surface area contributed by atoms with Crippen molar-refractivity contribution in [2.45, 2.75) is 386 Å². The van der Waals surface area contributed by atoms with Crippen LogP contribution in [0, 0.1) is 0 Å². The molecule has 0 bridgehead atoms. The summed E-state index contributed by atoms with van der Waals surface area (Å²) in [6, 6.07) is 0. The van der Waals surface area contributed by atoms with Gasteiger partial charge in [-0.1, -0.05) is 314 Å². The number of allylic oxidation sites excluding steroid dienone is 8. The monoisotopic (exact) mass is 1410 g/mol. The zero-order chi connectivity index (χ0) is 71.1. The van der Waals surface area contributed by atoms with Crippen LogP contribution in [0.3, 0.4) is 0 Å². The van der Waals surface area contributed by atoms with Crippen molar-refractivity contribution in [3.05, 3.63) is 48.6 Å². The average molecular weight is 1420 g/mol. The van der Waals surface area contributed by atoms with E-state index in [-0.39, 0.29) is 25.7 Å². The second kappa shape index (κ2) is 71.4. The molecular weight excluding hydrogens is 1270 g/mol. The van der Waals surface area contributed by atoms with Gasteiger partial charge in [-0.05, 0) is 77.0 Å². The number of ether oxygens (including phenoxy) is 4. The maximum Gasteiger partial charge on any atom is 0.472 e. The van der Waals surface area contributed by atoms with E-state index in [1.165, 1.54) is 167 Å². The highest BCUT2D eigenvalue weighted by Crippen LogP contribution is 2.45. The molecule has 19 heteroatoms. The highest BCUT2D eigenvalue weighted by Gasteiger charge is 2.30. The molecule has 568 valence electrons. The van der Waals surface area contributed by atoms with Gasteiger partial charge in [-0.2, -0.15) is 0 Å². The van der Waals surface area contributed by atoms with E-state index in [4.69, 9.17) is 37.0 Å². The fourth-order valence-electron chi connectivity index (χ4n) is 11.0. The van der Waals surface area contributed by atoms with Gasteiger partial charge in [0.25, 0.3) is 0 Å². The Kier molecular flexibility index (Phi) is 69.2. The quantitative estimate of drug-likeness (QED) is 0.0169. The first-order valence-corrected chi connectivity index (χ1v) is 42.4. The Morgan fingerprint density at radius 1 is 0.289 bits per heavy atom. The van der Waals surface area contributed by atoms with Crippen LogP contribution in [0.25, 0.3) is 0 Å². The van der Waals surface area contributed by atoms with Gasteiger partial charge in [-0.25, -0.2) is 9.13 Å². The van der Waals surface area contributed by atoms with E-state index in [1.54, 1.807) is 0 Å². The third-order valence-electron chi connectivity index (χ3n) is 17.1. The second-order valence-corrected chi connectivity index (χ2v) is 29.6. The molecule has 0 aliphatic carbocycles. The third kappa shape index (κ3) is 71.2. The largest absolute Gasteiger partial charge is 0.472 e. The predicted molar refractivity (Wildman–Crippen MR) is 395 cm³/mol. The number of carbonyl (C=O) groups excluding carboxylic acids is 4. The number of hydrogen-bond acceptors (Lipinski definition) is 15. The summed E-state index contributed by atoms with van der Waals surface area (Å²) in [5.74, 6) is -2.17. The summed E-state index contributed by atoms with van der Waals surface area (Å²) in [5, 5.41) is 10.6. The van der Waals surface area contributed by atoms with Crippen LogP contribution in [-0.4, -0.2) is 96.7 Å². The lowest BCUT2D eigenvalue weighted by atomic mass is 10.0. The van der Waals surface area contributed by atoms with E-state index < -0.39 is 97.5 Å². The van der Waals surface area contributed by atoms with Gasteiger partial charge in [0.15, 0.2) is 12.2 Å². The molecule has 0 rings (SSSR count). The van der Waals surface area contributed by atoms with Gasteiger partial charge in [-0.3, -0.25) is 37.3 Å². The number of aliphatic hydroxyl groups excluding tert-OH is 1. The van der Waals surface area contributed by atoms with Gasteiger partial charge in [0.1, 0.15) is 19.3 Å². The van der Waals surface area contributed by atoms with E-state index in [2.05, 4.69) is 76.3 Å². The number of carbonyl (C=O) groups is 4. The minimum absolute atomic E-state index is 0.0787. The smallest absolute Gasteiger partial charge is 0.462 e. The highest BCUT2D eigenvalue weighted by atomic mass is 31.2. The van der Waals surface area contributed by atoms with Crippen molar-refractivity contribution in [1.29, 1.82) is 0 Å². The SMILES string of the molecule is CCCCCC/C=C\C=C/CCCCCCCC(=O)OC[C@H](COP(=O)(O)OC[C@@H](O)COP(=O)(O)OC[C@@H](COC(=O)CCCCCCCCCCCCCC)OC(=O)CCCCCCCCCCCCCCCCC)OC(=O)CCCCCCC/C=C\C=C/CCCCCC. The first kappa shape index (κ1) is 94.0. The summed E-state index contributed by atoms with van der Waals surface area (Å²) in [5.41, 5.74) is 0. The Morgan fingerprint density at radius 2 is 0.495 bits per heavy atom. The number of esters is 4. The molecule has 0 saturated carbocycles. The minimum Gasteiger partial charge on any atom is -0.462 e. The molecule has 0 aromatic heterocycles. The lowest BCUT2D eigenvalue weighted by Gasteiger charge is -2.21. The van der Waals surface area contributed by atoms with E-state index >= 15 is 0 Å². The first-order chi connectivity index (χ1) is 47.2. The molecule has 17 nitrogen and oxygen atoms in total. The molecule has 0 spiro atoms. The van der Waals surface area contributed by atoms with Crippen molar-refractivity contribution in [2.75, 3.05) is 39.6 Å². The maximum atomic E-state index is 13.1. The standard InChI is InChI=1S/C78H144O17P2/c1-5-9-13-17-21-25-29-33-36-39-43-47-51-55-59-63-76(81)89-69-74(95-78(83)65-61-57-53-49-45-41-38-35-31-27-23-19-15-11-7-3)71-93-97(86,87)91-67-72(79)66-90-96(84,85)92-70-73(68-88-75(80)62-58-54-50-46-42-32-28-24-20-16-12-8-4)94-77(82)64-60-56-52-48-44-40-37-34-30-26-22-18-14-10-6-2/h25,27,29,31,33,35-36,38,72-74,79H,5-24,26,28,30,32,34,37,39-71H2,1-4H3,(H,84,85)(H,86,87)/b29-25-,31-27-,36-33-,38-35-/t72-,73+,74+/m0/s1. The molecule has 0 aromatic rings. The van der Waals surface area contributed by atoms with Gasteiger partial charge in [0.05, 0.1) is 26.4 Å². The molecule has 0 heterocycles. The summed E-state index contributed by atoms with van der Waals surface area (Å²) < 4.78 is 68.5. The van der Waals surface area contributed by atoms with Gasteiger partial charge in [0.2, 0.25) is 0 Å². The van der Waals surface area contributed by atoms with Crippen LogP contribution >= 0.6 is 15.6 Å². The van der Waals surface area contributed by atoms with Crippen molar-refractivity contribution in [1.82, 2.24) is 0 Å². The molecule has 0 saturated heterocycles. The van der Waals surface area contributed by atoms with Crippen molar-refractivity contribution < 1.29 is 80.2 Å². The van der Waals surface area contributed by atoms with Gasteiger partial charge in [-0.15, -0.1) is 0 Å². The Morgan fingerprint density at radius 3 is 0.753 bits per heavy atom. The molecule has 5 atom stereocenters. The number of hydrogen-bond donors (Lipinski definition) is 3. The molecule has 2 unspecified atom stereocenters. The van der Waals surface area contributed by atoms with E-state index in [1.807, 2.05) is 0 Å². The zero-order valence-corrected chi connectivity index (χ0v) is 63.8. The normalized spacial score (nSPS) is 14.2. The van der Waals surface area contributed by atoms with E-state index in [0.29, 0.717) is 25.7 Å². The zero-order valence-electron chi connectivity index (χ0n) is 62.0. The van der Waals surface area contributed by atoms with E-state index in [0.717, 1.165) is 122 Å². The maximum absolute atomic E-state index is 13.1. The number of phosphoric acid groups is 2. The van der Waals surface area contributed by atoms with Crippen molar-refractivity contribution >= 4 is 39.5 Å². The van der Waals surface area contributed by atoms with Gasteiger partial charge >= 0.3 is 39.5 Å². The number of aliphatic hydroxyl groups is 1. The van der Waals surface area contributed by atoms with Gasteiger partial charge in [0, 0.05) is 25.7 Å².